The Bertz CT molecular complexity index is 4560. The first-order valence-corrected chi connectivity index (χ1v) is 32.4. The Morgan fingerprint density at radius 2 is 0.629 bits per heavy atom. The molecule has 0 radical (unpaired) electrons. The maximum Gasteiger partial charge on any atom is 0.249 e. The van der Waals surface area contributed by atoms with Crippen molar-refractivity contribution in [1.29, 1.82) is 0 Å². The van der Waals surface area contributed by atoms with E-state index >= 15 is 0 Å². The van der Waals surface area contributed by atoms with Crippen LogP contribution in [0.25, 0.3) is 22.3 Å². The summed E-state index contributed by atoms with van der Waals surface area (Å²) in [4.78, 5) is 15.0. The van der Waals surface area contributed by atoms with Gasteiger partial charge in [0.05, 0.1) is 0 Å². The maximum atomic E-state index is 2.68. The summed E-state index contributed by atoms with van der Waals surface area (Å²) < 4.78 is 0. The fourth-order valence-corrected chi connectivity index (χ4v) is 17.6. The molecular weight excluding hydrogens is 1110 g/mol. The van der Waals surface area contributed by atoms with Crippen molar-refractivity contribution in [3.8, 4) is 22.3 Å². The zero-order valence-corrected chi connectivity index (χ0v) is 51.2. The topological polar surface area (TPSA) is 13.0 Å². The van der Waals surface area contributed by atoms with Crippen molar-refractivity contribution in [2.45, 2.75) is 40.4 Å². The molecule has 0 aliphatic carbocycles. The third-order valence-corrected chi connectivity index (χ3v) is 20.7. The van der Waals surface area contributed by atoms with E-state index in [0.717, 1.165) is 45.5 Å². The van der Waals surface area contributed by atoms with Gasteiger partial charge in [0.2, 0.25) is 13.4 Å². The lowest BCUT2D eigenvalue weighted by molar-refractivity contribution is 1.22. The standard InChI is InChI=1S/C81H58B2N4S2/c1-53-46-54(2)76(55(3)47-53)64-40-22-23-41-65(64)77-80-68(82-66-42-24-26-44-70(66)86(60-36-18-8-19-37-60)72-48-62(50-74(88-80)78(72)82)84(56-28-10-4-11-29-56)57-30-12-5-13-31-57)52-69-81(77)89-75-51-63(85(58-32-14-6-15-33-58)59-34-16-7-17-35-59)49-73-79(75)83(69)67-43-25-27-45-71(67)87(73)61-38-20-9-21-39-61/h4-52H,1-3H3. The van der Waals surface area contributed by atoms with E-state index in [4.69, 9.17) is 0 Å². The molecule has 0 N–H and O–H groups in total. The quantitative estimate of drug-likeness (QED) is 0.126. The Labute approximate surface area is 530 Å². The van der Waals surface area contributed by atoms with E-state index in [1.165, 1.54) is 114 Å². The molecule has 4 aliphatic rings. The molecular formula is C81H58B2N4S2. The maximum absolute atomic E-state index is 2.68. The third-order valence-electron chi connectivity index (χ3n) is 18.3. The van der Waals surface area contributed by atoms with Gasteiger partial charge in [0.15, 0.2) is 0 Å². The number of benzene rings is 13. The van der Waals surface area contributed by atoms with Crippen molar-refractivity contribution in [1.82, 2.24) is 0 Å². The highest BCUT2D eigenvalue weighted by atomic mass is 32.2. The average Bonchev–Trinajstić information content (AvgIpc) is 0.713. The first-order valence-electron chi connectivity index (χ1n) is 30.7. The molecule has 0 spiro atoms. The number of hydrogen-bond donors (Lipinski definition) is 0. The van der Waals surface area contributed by atoms with Gasteiger partial charge in [-0.05, 0) is 180 Å². The number of fused-ring (bicyclic) bond motifs is 8. The van der Waals surface area contributed by atoms with Crippen molar-refractivity contribution in [2.75, 3.05) is 19.6 Å². The average molecular weight is 1170 g/mol. The van der Waals surface area contributed by atoms with Crippen LogP contribution in [0.4, 0.5) is 68.2 Å². The van der Waals surface area contributed by atoms with Gasteiger partial charge in [0.25, 0.3) is 0 Å². The van der Waals surface area contributed by atoms with Gasteiger partial charge in [-0.15, -0.1) is 0 Å². The van der Waals surface area contributed by atoms with E-state index in [-0.39, 0.29) is 13.4 Å². The molecule has 13 aromatic rings. The van der Waals surface area contributed by atoms with Crippen LogP contribution in [0.5, 0.6) is 0 Å². The molecule has 0 saturated heterocycles. The van der Waals surface area contributed by atoms with Gasteiger partial charge >= 0.3 is 0 Å². The zero-order valence-electron chi connectivity index (χ0n) is 49.6. The molecule has 420 valence electrons. The molecule has 0 bridgehead atoms. The van der Waals surface area contributed by atoms with Crippen LogP contribution in [0.15, 0.2) is 317 Å². The Morgan fingerprint density at radius 3 is 1.02 bits per heavy atom. The summed E-state index contributed by atoms with van der Waals surface area (Å²) in [6.07, 6.45) is 0. The van der Waals surface area contributed by atoms with Gasteiger partial charge in [-0.3, -0.25) is 0 Å². The van der Waals surface area contributed by atoms with Crippen molar-refractivity contribution in [3.63, 3.8) is 0 Å². The van der Waals surface area contributed by atoms with Crippen LogP contribution < -0.4 is 52.4 Å². The van der Waals surface area contributed by atoms with E-state index in [2.05, 4.69) is 338 Å². The minimum atomic E-state index is -0.111. The number of nitrogens with zero attached hydrogens (tertiary/aromatic N) is 4. The highest BCUT2D eigenvalue weighted by Crippen LogP contribution is 2.54. The minimum absolute atomic E-state index is 0.111. The second-order valence-corrected chi connectivity index (χ2v) is 25.8. The molecule has 0 fully saturated rings. The van der Waals surface area contributed by atoms with E-state index in [1.54, 1.807) is 0 Å². The zero-order chi connectivity index (χ0) is 59.3. The highest BCUT2D eigenvalue weighted by molar-refractivity contribution is 8.01. The molecule has 89 heavy (non-hydrogen) atoms. The smallest absolute Gasteiger partial charge is 0.249 e. The molecule has 4 aliphatic heterocycles. The Morgan fingerprint density at radius 1 is 0.292 bits per heavy atom. The summed E-state index contributed by atoms with van der Waals surface area (Å²) in [6.45, 7) is 6.61. The monoisotopic (exact) mass is 1170 g/mol. The molecule has 0 saturated carbocycles. The molecule has 4 heterocycles. The predicted octanol–water partition coefficient (Wildman–Crippen LogP) is 18.4. The van der Waals surface area contributed by atoms with Gasteiger partial charge in [-0.2, -0.15) is 0 Å². The molecule has 0 atom stereocenters. The summed E-state index contributed by atoms with van der Waals surface area (Å²) in [5, 5.41) is 0. The second-order valence-electron chi connectivity index (χ2n) is 23.7. The molecule has 13 aromatic carbocycles. The lowest BCUT2D eigenvalue weighted by atomic mass is 9.31. The van der Waals surface area contributed by atoms with Crippen LogP contribution in [-0.2, 0) is 0 Å². The Balaban J connectivity index is 0.995. The second kappa shape index (κ2) is 21.6. The number of para-hydroxylation sites is 8. The first kappa shape index (κ1) is 53.2. The van der Waals surface area contributed by atoms with Crippen LogP contribution in [0.1, 0.15) is 16.7 Å². The van der Waals surface area contributed by atoms with Gasteiger partial charge in [-0.25, -0.2) is 0 Å². The lowest BCUT2D eigenvalue weighted by Gasteiger charge is -2.44. The largest absolute Gasteiger partial charge is 0.311 e. The predicted molar refractivity (Wildman–Crippen MR) is 381 cm³/mol. The summed E-state index contributed by atoms with van der Waals surface area (Å²) in [5.41, 5.74) is 30.4. The van der Waals surface area contributed by atoms with Crippen molar-refractivity contribution < 1.29 is 0 Å². The van der Waals surface area contributed by atoms with Gasteiger partial charge in [0, 0.05) is 93.4 Å². The summed E-state index contributed by atoms with van der Waals surface area (Å²) in [7, 11) is 0. The van der Waals surface area contributed by atoms with Crippen molar-refractivity contribution in [3.05, 3.63) is 314 Å². The highest BCUT2D eigenvalue weighted by Gasteiger charge is 2.48. The van der Waals surface area contributed by atoms with Crippen LogP contribution in [0.2, 0.25) is 0 Å². The molecule has 4 nitrogen and oxygen atoms in total. The van der Waals surface area contributed by atoms with Crippen LogP contribution >= 0.6 is 23.5 Å². The van der Waals surface area contributed by atoms with E-state index in [9.17, 15) is 0 Å². The summed E-state index contributed by atoms with van der Waals surface area (Å²) in [6, 6.07) is 111. The minimum Gasteiger partial charge on any atom is -0.311 e. The number of hydrogen-bond acceptors (Lipinski definition) is 6. The fraction of sp³-hybridized carbons (Fsp3) is 0.0370. The number of aryl methyl sites for hydroxylation is 3. The first-order chi connectivity index (χ1) is 43.9. The Kier molecular flexibility index (Phi) is 12.9. The molecule has 0 unspecified atom stereocenters. The van der Waals surface area contributed by atoms with E-state index in [0.29, 0.717) is 0 Å². The Hall–Kier alpha value is -10.1. The summed E-state index contributed by atoms with van der Waals surface area (Å²) in [5.74, 6) is 0. The molecule has 0 aromatic heterocycles. The van der Waals surface area contributed by atoms with Crippen molar-refractivity contribution in [2.24, 2.45) is 0 Å². The number of rotatable bonds is 10. The summed E-state index contributed by atoms with van der Waals surface area (Å²) >= 11 is 3.93. The molecule has 0 amide bonds. The molecule has 8 heteroatoms. The van der Waals surface area contributed by atoms with Gasteiger partial charge < -0.3 is 19.6 Å². The van der Waals surface area contributed by atoms with Gasteiger partial charge in [0.1, 0.15) is 0 Å². The van der Waals surface area contributed by atoms with E-state index < -0.39 is 0 Å². The van der Waals surface area contributed by atoms with Crippen LogP contribution in [-0.4, -0.2) is 13.4 Å². The van der Waals surface area contributed by atoms with Gasteiger partial charge in [-0.1, -0.05) is 228 Å². The van der Waals surface area contributed by atoms with Crippen LogP contribution in [0.3, 0.4) is 0 Å². The lowest BCUT2D eigenvalue weighted by Crippen LogP contribution is -2.64. The van der Waals surface area contributed by atoms with E-state index in [1.807, 2.05) is 23.5 Å². The van der Waals surface area contributed by atoms with Crippen LogP contribution in [0, 0.1) is 20.8 Å². The normalized spacial score (nSPS) is 12.9. The number of anilines is 12. The van der Waals surface area contributed by atoms with Crippen molar-refractivity contribution >= 4 is 138 Å². The SMILES string of the molecule is Cc1cc(C)c(-c2ccccc2-c2c3c(cc4c2Sc2cc(N(c5ccccc5)c5ccccc5)cc5c2B4c2ccccc2N5c2ccccc2)B2c4ccccc4N(c4ccccc4)c4cc(N(c5ccccc5)c5ccccc5)cc(c42)S3)c(C)c1. The fourth-order valence-electron chi connectivity index (χ4n) is 14.9. The third kappa shape index (κ3) is 8.71. The molecule has 17 rings (SSSR count).